The fourth-order valence-corrected chi connectivity index (χ4v) is 5.30. The minimum atomic E-state index is -1.49. The van der Waals surface area contributed by atoms with E-state index in [-0.39, 0.29) is 23.1 Å². The number of amides is 1. The highest BCUT2D eigenvalue weighted by Crippen LogP contribution is 2.56. The third-order valence-corrected chi connectivity index (χ3v) is 6.57. The van der Waals surface area contributed by atoms with Crippen molar-refractivity contribution in [2.75, 3.05) is 16.8 Å². The van der Waals surface area contributed by atoms with Crippen molar-refractivity contribution in [2.24, 2.45) is 5.73 Å². The molecule has 3 aliphatic rings. The predicted molar refractivity (Wildman–Crippen MR) is 118 cm³/mol. The Morgan fingerprint density at radius 2 is 1.87 bits per heavy atom. The number of hydrogen-bond acceptors (Lipinski definition) is 5. The summed E-state index contributed by atoms with van der Waals surface area (Å²) in [6, 6.07) is 17.4. The number of rotatable bonds is 1. The Balaban J connectivity index is 1.91. The molecule has 6 heteroatoms. The van der Waals surface area contributed by atoms with Crippen LogP contribution in [0.3, 0.4) is 0 Å². The molecule has 0 fully saturated rings. The van der Waals surface area contributed by atoms with Crippen molar-refractivity contribution in [1.29, 1.82) is 5.26 Å². The molecule has 2 aromatic carbocycles. The lowest BCUT2D eigenvalue weighted by atomic mass is 9.64. The minimum Gasteiger partial charge on any atom is -0.384 e. The van der Waals surface area contributed by atoms with E-state index in [1.165, 1.54) is 4.90 Å². The van der Waals surface area contributed by atoms with E-state index in [0.29, 0.717) is 36.1 Å². The van der Waals surface area contributed by atoms with E-state index in [4.69, 9.17) is 5.73 Å². The average molecular weight is 410 g/mol. The van der Waals surface area contributed by atoms with Gasteiger partial charge < -0.3 is 10.6 Å². The maximum Gasteiger partial charge on any atom is 0.247 e. The van der Waals surface area contributed by atoms with Crippen LogP contribution < -0.4 is 15.5 Å². The van der Waals surface area contributed by atoms with Crippen LogP contribution in [0, 0.1) is 18.3 Å². The number of para-hydroxylation sites is 1. The molecule has 0 radical (unpaired) electrons. The first-order valence-electron chi connectivity index (χ1n) is 10.3. The molecule has 2 aliphatic heterocycles. The van der Waals surface area contributed by atoms with Crippen LogP contribution in [0.25, 0.3) is 0 Å². The molecule has 1 amide bonds. The summed E-state index contributed by atoms with van der Waals surface area (Å²) in [5.41, 5.74) is 9.56. The lowest BCUT2D eigenvalue weighted by molar-refractivity contribution is -0.124. The zero-order valence-corrected chi connectivity index (χ0v) is 17.5. The summed E-state index contributed by atoms with van der Waals surface area (Å²) in [5, 5.41) is 10.3. The standard InChI is InChI=1S/C25H22N4O2/c1-15-7-5-8-16(13-15)29-20-11-6-12-21(30)22(20)25(18(14-26)23(29)27)17-9-3-4-10-19(17)28(2)24(25)31/h3-5,7-10,13H,6,11-12,27H2,1-2H3. The van der Waals surface area contributed by atoms with Crippen LogP contribution in [0.4, 0.5) is 11.4 Å². The summed E-state index contributed by atoms with van der Waals surface area (Å²) in [6.45, 7) is 1.98. The third kappa shape index (κ3) is 2.32. The molecule has 6 nitrogen and oxygen atoms in total. The van der Waals surface area contributed by atoms with E-state index in [1.54, 1.807) is 11.9 Å². The van der Waals surface area contributed by atoms with Crippen LogP contribution in [0.5, 0.6) is 0 Å². The molecule has 1 atom stereocenters. The fraction of sp³-hybridized carbons (Fsp3) is 0.240. The molecule has 2 aromatic rings. The zero-order chi connectivity index (χ0) is 21.9. The maximum absolute atomic E-state index is 13.8. The van der Waals surface area contributed by atoms with Crippen molar-refractivity contribution in [3.05, 3.63) is 82.3 Å². The smallest absolute Gasteiger partial charge is 0.247 e. The number of aryl methyl sites for hydroxylation is 1. The Morgan fingerprint density at radius 1 is 1.10 bits per heavy atom. The number of hydrogen-bond donors (Lipinski definition) is 1. The predicted octanol–water partition coefficient (Wildman–Crippen LogP) is 3.43. The van der Waals surface area contributed by atoms with E-state index in [9.17, 15) is 14.9 Å². The van der Waals surface area contributed by atoms with Crippen molar-refractivity contribution in [3.8, 4) is 6.07 Å². The summed E-state index contributed by atoms with van der Waals surface area (Å²) in [6.07, 6.45) is 1.63. The van der Waals surface area contributed by atoms with Crippen molar-refractivity contribution >= 4 is 23.1 Å². The third-order valence-electron chi connectivity index (χ3n) is 6.57. The van der Waals surface area contributed by atoms with Gasteiger partial charge in [-0.1, -0.05) is 30.3 Å². The number of nitrogens with zero attached hydrogens (tertiary/aromatic N) is 3. The van der Waals surface area contributed by atoms with Gasteiger partial charge in [0.2, 0.25) is 5.91 Å². The quantitative estimate of drug-likeness (QED) is 0.778. The van der Waals surface area contributed by atoms with Crippen LogP contribution >= 0.6 is 0 Å². The van der Waals surface area contributed by atoms with Gasteiger partial charge >= 0.3 is 0 Å². The number of carbonyl (C=O) groups is 2. The van der Waals surface area contributed by atoms with E-state index < -0.39 is 5.41 Å². The molecule has 154 valence electrons. The first kappa shape index (κ1) is 19.1. The van der Waals surface area contributed by atoms with Crippen LogP contribution in [0.15, 0.2) is 71.2 Å². The summed E-state index contributed by atoms with van der Waals surface area (Å²) < 4.78 is 0. The molecule has 5 rings (SSSR count). The summed E-state index contributed by atoms with van der Waals surface area (Å²) >= 11 is 0. The Bertz CT molecular complexity index is 1270. The van der Waals surface area contributed by atoms with Crippen LogP contribution in [-0.2, 0) is 15.0 Å². The lowest BCUT2D eigenvalue weighted by Gasteiger charge is -2.43. The van der Waals surface area contributed by atoms with Gasteiger partial charge in [0.1, 0.15) is 17.3 Å². The van der Waals surface area contributed by atoms with E-state index in [1.807, 2.05) is 55.5 Å². The van der Waals surface area contributed by atoms with Crippen molar-refractivity contribution in [2.45, 2.75) is 31.6 Å². The van der Waals surface area contributed by atoms with Crippen molar-refractivity contribution < 1.29 is 9.59 Å². The van der Waals surface area contributed by atoms with Gasteiger partial charge in [-0.25, -0.2) is 0 Å². The number of nitriles is 1. The number of nitrogens with two attached hydrogens (primary N) is 1. The molecule has 31 heavy (non-hydrogen) atoms. The minimum absolute atomic E-state index is 0.0994. The van der Waals surface area contributed by atoms with Gasteiger partial charge in [-0.3, -0.25) is 14.5 Å². The molecule has 0 saturated heterocycles. The number of allylic oxidation sites excluding steroid dienone is 1. The molecule has 1 spiro atoms. The summed E-state index contributed by atoms with van der Waals surface area (Å²) in [4.78, 5) is 30.6. The number of ketones is 1. The molecule has 1 aliphatic carbocycles. The normalized spacial score (nSPS) is 22.7. The van der Waals surface area contributed by atoms with Crippen LogP contribution in [0.2, 0.25) is 0 Å². The number of likely N-dealkylation sites (N-methyl/N-ethyl adjacent to an activating group) is 1. The summed E-state index contributed by atoms with van der Waals surface area (Å²) in [7, 11) is 1.68. The van der Waals surface area contributed by atoms with Crippen LogP contribution in [-0.4, -0.2) is 18.7 Å². The number of anilines is 2. The number of fused-ring (bicyclic) bond motifs is 3. The fourth-order valence-electron chi connectivity index (χ4n) is 5.30. The van der Waals surface area contributed by atoms with Crippen molar-refractivity contribution in [3.63, 3.8) is 0 Å². The molecule has 0 aromatic heterocycles. The number of Topliss-reactive ketones (excluding diaryl/α,β-unsaturated/α-hetero) is 1. The molecule has 0 bridgehead atoms. The van der Waals surface area contributed by atoms with Gasteiger partial charge in [0.05, 0.1) is 5.57 Å². The maximum atomic E-state index is 13.8. The SMILES string of the molecule is Cc1cccc(N2C(N)=C(C#N)C3(C(=O)N(C)c4ccccc43)C3=C2CCCC3=O)c1. The highest BCUT2D eigenvalue weighted by Gasteiger charge is 2.61. The molecule has 0 saturated carbocycles. The Morgan fingerprint density at radius 3 is 2.61 bits per heavy atom. The van der Waals surface area contributed by atoms with Gasteiger partial charge in [-0.15, -0.1) is 0 Å². The van der Waals surface area contributed by atoms with Gasteiger partial charge in [0.25, 0.3) is 0 Å². The Kier molecular flexibility index (Phi) is 4.06. The second-order valence-electron chi connectivity index (χ2n) is 8.28. The zero-order valence-electron chi connectivity index (χ0n) is 17.5. The van der Waals surface area contributed by atoms with Gasteiger partial charge in [0, 0.05) is 41.7 Å². The summed E-state index contributed by atoms with van der Waals surface area (Å²) in [5.74, 6) is -0.197. The first-order chi connectivity index (χ1) is 14.9. The molecule has 1 unspecified atom stereocenters. The largest absolute Gasteiger partial charge is 0.384 e. The first-order valence-corrected chi connectivity index (χ1v) is 10.3. The number of benzene rings is 2. The Labute approximate surface area is 180 Å². The Hall–Kier alpha value is -3.85. The monoisotopic (exact) mass is 410 g/mol. The number of carbonyl (C=O) groups excluding carboxylic acids is 2. The molecular formula is C25H22N4O2. The van der Waals surface area contributed by atoms with E-state index in [2.05, 4.69) is 6.07 Å². The van der Waals surface area contributed by atoms with E-state index >= 15 is 0 Å². The highest BCUT2D eigenvalue weighted by atomic mass is 16.2. The van der Waals surface area contributed by atoms with Crippen LogP contribution in [0.1, 0.15) is 30.4 Å². The second-order valence-corrected chi connectivity index (χ2v) is 8.28. The van der Waals surface area contributed by atoms with Gasteiger partial charge in [-0.2, -0.15) is 5.26 Å². The second kappa shape index (κ2) is 6.58. The van der Waals surface area contributed by atoms with Crippen molar-refractivity contribution in [1.82, 2.24) is 0 Å². The van der Waals surface area contributed by atoms with Gasteiger partial charge in [-0.05, 0) is 43.5 Å². The topological polar surface area (TPSA) is 90.4 Å². The van der Waals surface area contributed by atoms with Gasteiger partial charge in [0.15, 0.2) is 5.78 Å². The average Bonchev–Trinajstić information content (AvgIpc) is 2.97. The van der Waals surface area contributed by atoms with E-state index in [0.717, 1.165) is 16.9 Å². The highest BCUT2D eigenvalue weighted by molar-refractivity contribution is 6.20. The molecular weight excluding hydrogens is 388 g/mol. The molecule has 2 heterocycles. The lowest BCUT2D eigenvalue weighted by Crippen LogP contribution is -2.52. The molecule has 2 N–H and O–H groups in total.